The third-order valence-corrected chi connectivity index (χ3v) is 5.22. The predicted octanol–water partition coefficient (Wildman–Crippen LogP) is 2.71. The highest BCUT2D eigenvalue weighted by Gasteiger charge is 2.18. The van der Waals surface area contributed by atoms with E-state index in [1.165, 1.54) is 13.4 Å². The topological polar surface area (TPSA) is 123 Å². The zero-order valence-corrected chi connectivity index (χ0v) is 18.4. The molecular formula is C23H23N7O3. The van der Waals surface area contributed by atoms with E-state index in [4.69, 9.17) is 4.84 Å². The highest BCUT2D eigenvalue weighted by Crippen LogP contribution is 2.27. The van der Waals surface area contributed by atoms with Crippen LogP contribution in [0.5, 0.6) is 0 Å². The summed E-state index contributed by atoms with van der Waals surface area (Å²) >= 11 is 0. The second-order valence-corrected chi connectivity index (χ2v) is 7.40. The molecule has 10 nitrogen and oxygen atoms in total. The fourth-order valence-electron chi connectivity index (χ4n) is 3.44. The van der Waals surface area contributed by atoms with Crippen LogP contribution in [0.15, 0.2) is 55.2 Å². The second kappa shape index (κ2) is 9.45. The lowest BCUT2D eigenvalue weighted by atomic mass is 10.1. The highest BCUT2D eigenvalue weighted by molar-refractivity contribution is 5.99. The Morgan fingerprint density at radius 1 is 1.09 bits per heavy atom. The Hall–Kier alpha value is -4.31. The number of rotatable bonds is 7. The first-order valence-electron chi connectivity index (χ1n) is 10.2. The molecule has 0 aliphatic rings. The quantitative estimate of drug-likeness (QED) is 0.374. The van der Waals surface area contributed by atoms with Gasteiger partial charge in [0, 0.05) is 36.4 Å². The Labute approximate surface area is 190 Å². The molecule has 0 atom stereocenters. The lowest BCUT2D eigenvalue weighted by molar-refractivity contribution is 0.0537. The van der Waals surface area contributed by atoms with Crippen LogP contribution in [0.3, 0.4) is 0 Å². The fraction of sp³-hybridized carbons (Fsp3) is 0.174. The molecule has 0 aliphatic heterocycles. The van der Waals surface area contributed by atoms with Gasteiger partial charge in [0.15, 0.2) is 5.82 Å². The largest absolute Gasteiger partial charge is 0.348 e. The van der Waals surface area contributed by atoms with Gasteiger partial charge in [-0.25, -0.2) is 15.0 Å². The zero-order chi connectivity index (χ0) is 23.4. The third-order valence-electron chi connectivity index (χ3n) is 5.22. The molecule has 1 aromatic carbocycles. The number of hydrogen-bond acceptors (Lipinski definition) is 7. The molecule has 3 aromatic heterocycles. The number of anilines is 2. The van der Waals surface area contributed by atoms with Crippen molar-refractivity contribution in [1.82, 2.24) is 30.4 Å². The Morgan fingerprint density at radius 3 is 2.64 bits per heavy atom. The summed E-state index contributed by atoms with van der Waals surface area (Å²) in [5.74, 6) is -0.0568. The number of hydrogen-bond donors (Lipinski definition) is 3. The van der Waals surface area contributed by atoms with Crippen molar-refractivity contribution in [3.63, 3.8) is 0 Å². The van der Waals surface area contributed by atoms with E-state index in [1.807, 2.05) is 32.0 Å². The van der Waals surface area contributed by atoms with Gasteiger partial charge in [-0.05, 0) is 54.8 Å². The van der Waals surface area contributed by atoms with Gasteiger partial charge in [0.2, 0.25) is 0 Å². The lowest BCUT2D eigenvalue weighted by Gasteiger charge is -2.12. The fourth-order valence-corrected chi connectivity index (χ4v) is 3.44. The molecule has 168 valence electrons. The number of aryl methyl sites for hydroxylation is 2. The van der Waals surface area contributed by atoms with Gasteiger partial charge in [-0.1, -0.05) is 6.07 Å². The minimum absolute atomic E-state index is 0.213. The second-order valence-electron chi connectivity index (χ2n) is 7.40. The van der Waals surface area contributed by atoms with Gasteiger partial charge < -0.3 is 10.6 Å². The summed E-state index contributed by atoms with van der Waals surface area (Å²) in [6.45, 7) is 4.15. The number of fused-ring (bicyclic) bond motifs is 1. The van der Waals surface area contributed by atoms with Crippen molar-refractivity contribution in [2.24, 2.45) is 0 Å². The number of carbonyl (C=O) groups is 2. The number of amides is 2. The van der Waals surface area contributed by atoms with Crippen LogP contribution < -0.4 is 16.1 Å². The maximum Gasteiger partial charge on any atom is 0.274 e. The maximum atomic E-state index is 12.8. The van der Waals surface area contributed by atoms with E-state index in [1.54, 1.807) is 35.2 Å². The summed E-state index contributed by atoms with van der Waals surface area (Å²) in [6, 6.07) is 8.94. The summed E-state index contributed by atoms with van der Waals surface area (Å²) in [5.41, 5.74) is 7.20. The van der Waals surface area contributed by atoms with Gasteiger partial charge in [-0.15, -0.1) is 0 Å². The number of carbonyl (C=O) groups excluding carboxylic acids is 2. The summed E-state index contributed by atoms with van der Waals surface area (Å²) in [4.78, 5) is 38.0. The van der Waals surface area contributed by atoms with Crippen molar-refractivity contribution in [2.45, 2.75) is 20.4 Å². The van der Waals surface area contributed by atoms with Crippen molar-refractivity contribution in [3.8, 4) is 0 Å². The molecule has 0 radical (unpaired) electrons. The molecule has 2 amide bonds. The first-order chi connectivity index (χ1) is 16.0. The van der Waals surface area contributed by atoms with Crippen LogP contribution in [0.1, 0.15) is 37.4 Å². The highest BCUT2D eigenvalue weighted by atomic mass is 16.6. The molecule has 3 N–H and O–H groups in total. The van der Waals surface area contributed by atoms with Gasteiger partial charge in [0.1, 0.15) is 11.8 Å². The van der Waals surface area contributed by atoms with Crippen LogP contribution in [-0.2, 0) is 11.4 Å². The Bertz CT molecular complexity index is 1320. The third kappa shape index (κ3) is 4.65. The number of aromatic nitrogens is 4. The van der Waals surface area contributed by atoms with E-state index in [2.05, 4.69) is 31.2 Å². The van der Waals surface area contributed by atoms with Crippen molar-refractivity contribution in [2.75, 3.05) is 12.4 Å². The number of hydroxylamine groups is 1. The van der Waals surface area contributed by atoms with E-state index in [0.29, 0.717) is 34.7 Å². The minimum atomic E-state index is -0.361. The molecule has 0 fully saturated rings. The average Bonchev–Trinajstić information content (AvgIpc) is 3.17. The molecule has 33 heavy (non-hydrogen) atoms. The smallest absolute Gasteiger partial charge is 0.274 e. The molecule has 4 rings (SSSR count). The van der Waals surface area contributed by atoms with Crippen LogP contribution in [0, 0.1) is 13.8 Å². The Morgan fingerprint density at radius 2 is 1.88 bits per heavy atom. The first kappa shape index (κ1) is 21.9. The molecule has 4 aromatic rings. The SMILES string of the molecule is CONC(=O)c1ccc(C)c(Nc2ncnn3cc(C(=O)NCc4ccncc4)c(C)c23)c1. The average molecular weight is 445 g/mol. The zero-order valence-electron chi connectivity index (χ0n) is 18.4. The van der Waals surface area contributed by atoms with Gasteiger partial charge in [0.25, 0.3) is 11.8 Å². The predicted molar refractivity (Wildman–Crippen MR) is 122 cm³/mol. The number of benzene rings is 1. The van der Waals surface area contributed by atoms with Crippen LogP contribution in [0.2, 0.25) is 0 Å². The summed E-state index contributed by atoms with van der Waals surface area (Å²) < 4.78 is 1.61. The van der Waals surface area contributed by atoms with Crippen molar-refractivity contribution in [3.05, 3.63) is 83.1 Å². The van der Waals surface area contributed by atoms with Crippen LogP contribution >= 0.6 is 0 Å². The van der Waals surface area contributed by atoms with Crippen LogP contribution in [0.25, 0.3) is 5.52 Å². The normalized spacial score (nSPS) is 10.8. The van der Waals surface area contributed by atoms with Crippen LogP contribution in [-0.4, -0.2) is 38.5 Å². The molecule has 0 saturated heterocycles. The molecule has 3 heterocycles. The molecule has 0 saturated carbocycles. The van der Waals surface area contributed by atoms with Gasteiger partial charge in [0.05, 0.1) is 12.7 Å². The van der Waals surface area contributed by atoms with Gasteiger partial charge >= 0.3 is 0 Å². The standard InChI is InChI=1S/C23H23N7O3/c1-14-4-5-17(22(31)29-33-3)10-19(14)28-21-20-15(2)18(12-30(20)27-13-26-21)23(32)25-11-16-6-8-24-9-7-16/h4-10,12-13H,11H2,1-3H3,(H,25,32)(H,29,31)(H,26,27,28). The Balaban J connectivity index is 1.62. The summed E-state index contributed by atoms with van der Waals surface area (Å²) in [5, 5.41) is 10.4. The van der Waals surface area contributed by atoms with E-state index >= 15 is 0 Å². The van der Waals surface area contributed by atoms with Crippen molar-refractivity contribution >= 4 is 28.8 Å². The molecule has 10 heteroatoms. The summed E-state index contributed by atoms with van der Waals surface area (Å²) in [7, 11) is 1.38. The summed E-state index contributed by atoms with van der Waals surface area (Å²) in [6.07, 6.45) is 6.45. The number of nitrogens with one attached hydrogen (secondary N) is 3. The molecule has 0 unspecified atom stereocenters. The minimum Gasteiger partial charge on any atom is -0.348 e. The monoisotopic (exact) mass is 445 g/mol. The Kier molecular flexibility index (Phi) is 6.27. The van der Waals surface area contributed by atoms with Crippen LogP contribution in [0.4, 0.5) is 11.5 Å². The molecule has 0 spiro atoms. The molecule has 0 aliphatic carbocycles. The van der Waals surface area contributed by atoms with Crippen molar-refractivity contribution < 1.29 is 14.4 Å². The first-order valence-corrected chi connectivity index (χ1v) is 10.2. The van der Waals surface area contributed by atoms with E-state index in [9.17, 15) is 9.59 Å². The van der Waals surface area contributed by atoms with Gasteiger partial charge in [-0.3, -0.25) is 19.4 Å². The number of nitrogens with zero attached hydrogens (tertiary/aromatic N) is 4. The van der Waals surface area contributed by atoms with E-state index in [0.717, 1.165) is 16.7 Å². The van der Waals surface area contributed by atoms with Gasteiger partial charge in [-0.2, -0.15) is 5.10 Å². The number of pyridine rings is 1. The molecule has 0 bridgehead atoms. The maximum absolute atomic E-state index is 12.8. The van der Waals surface area contributed by atoms with Crippen molar-refractivity contribution in [1.29, 1.82) is 0 Å². The van der Waals surface area contributed by atoms with E-state index < -0.39 is 0 Å². The van der Waals surface area contributed by atoms with E-state index in [-0.39, 0.29) is 11.8 Å². The lowest BCUT2D eigenvalue weighted by Crippen LogP contribution is -2.23. The molecular weight excluding hydrogens is 422 g/mol.